The van der Waals surface area contributed by atoms with E-state index in [1.54, 1.807) is 0 Å². The maximum absolute atomic E-state index is 13.6. The minimum Gasteiger partial charge on any atom is -0.397 e. The highest BCUT2D eigenvalue weighted by atomic mass is 19.1. The molecule has 4 nitrogen and oxygen atoms in total. The highest BCUT2D eigenvalue weighted by Gasteiger charge is 2.09. The third-order valence-electron chi connectivity index (χ3n) is 2.56. The lowest BCUT2D eigenvalue weighted by molar-refractivity contribution is 0.580. The predicted octanol–water partition coefficient (Wildman–Crippen LogP) is 1.92. The molecule has 0 saturated heterocycles. The van der Waals surface area contributed by atoms with Gasteiger partial charge in [-0.1, -0.05) is 5.92 Å². The molecule has 0 aliphatic carbocycles. The molecule has 2 aromatic rings. The van der Waals surface area contributed by atoms with Crippen molar-refractivity contribution in [2.24, 2.45) is 0 Å². The monoisotopic (exact) mass is 272 g/mol. The fourth-order valence-corrected chi connectivity index (χ4v) is 1.48. The van der Waals surface area contributed by atoms with Crippen molar-refractivity contribution in [1.29, 1.82) is 5.41 Å². The van der Waals surface area contributed by atoms with E-state index in [9.17, 15) is 8.78 Å². The van der Waals surface area contributed by atoms with Gasteiger partial charge in [-0.05, 0) is 24.1 Å². The van der Waals surface area contributed by atoms with E-state index in [2.05, 4.69) is 16.8 Å². The van der Waals surface area contributed by atoms with Crippen LogP contribution in [0.4, 0.5) is 20.2 Å². The van der Waals surface area contributed by atoms with Crippen LogP contribution in [0.1, 0.15) is 16.8 Å². The first kappa shape index (κ1) is 13.5. The topological polar surface area (TPSA) is 88.8 Å². The predicted molar refractivity (Wildman–Crippen MR) is 73.3 cm³/mol. The molecule has 0 fully saturated rings. The van der Waals surface area contributed by atoms with Gasteiger partial charge >= 0.3 is 0 Å². The first-order valence-electron chi connectivity index (χ1n) is 5.54. The largest absolute Gasteiger partial charge is 0.397 e. The molecular formula is C14H10F2N4. The lowest BCUT2D eigenvalue weighted by Gasteiger charge is -2.00. The zero-order valence-corrected chi connectivity index (χ0v) is 10.2. The molecule has 1 heterocycles. The average molecular weight is 272 g/mol. The van der Waals surface area contributed by atoms with Gasteiger partial charge in [0.25, 0.3) is 0 Å². The van der Waals surface area contributed by atoms with Crippen molar-refractivity contribution in [2.75, 3.05) is 11.5 Å². The van der Waals surface area contributed by atoms with Crippen LogP contribution in [0.15, 0.2) is 24.4 Å². The lowest BCUT2D eigenvalue weighted by Crippen LogP contribution is -1.98. The molecule has 0 saturated carbocycles. The Bertz CT molecular complexity index is 745. The van der Waals surface area contributed by atoms with Gasteiger partial charge in [0.05, 0.1) is 23.1 Å². The summed E-state index contributed by atoms with van der Waals surface area (Å²) in [5, 5.41) is 7.16. The molecule has 0 aliphatic rings. The van der Waals surface area contributed by atoms with Crippen LogP contribution in [0.25, 0.3) is 0 Å². The summed E-state index contributed by atoms with van der Waals surface area (Å²) in [6.45, 7) is 0. The van der Waals surface area contributed by atoms with Gasteiger partial charge in [-0.2, -0.15) is 0 Å². The van der Waals surface area contributed by atoms with Crippen LogP contribution in [-0.2, 0) is 0 Å². The molecule has 0 aliphatic heterocycles. The third-order valence-corrected chi connectivity index (χ3v) is 2.56. The Hall–Kier alpha value is -2.94. The Morgan fingerprint density at radius 3 is 2.60 bits per heavy atom. The molecule has 0 radical (unpaired) electrons. The number of anilines is 2. The number of pyridine rings is 1. The van der Waals surface area contributed by atoms with Crippen LogP contribution in [-0.4, -0.2) is 11.2 Å². The number of benzene rings is 1. The Labute approximate surface area is 113 Å². The lowest BCUT2D eigenvalue weighted by atomic mass is 10.1. The van der Waals surface area contributed by atoms with Crippen LogP contribution in [0, 0.1) is 28.9 Å². The van der Waals surface area contributed by atoms with Crippen molar-refractivity contribution in [3.63, 3.8) is 0 Å². The molecule has 100 valence electrons. The number of nitrogens with one attached hydrogen (secondary N) is 1. The van der Waals surface area contributed by atoms with E-state index in [1.807, 2.05) is 0 Å². The van der Waals surface area contributed by atoms with Crippen molar-refractivity contribution < 1.29 is 8.78 Å². The zero-order chi connectivity index (χ0) is 14.7. The molecule has 1 aromatic carbocycles. The summed E-state index contributed by atoms with van der Waals surface area (Å²) in [5.41, 5.74) is 11.3. The van der Waals surface area contributed by atoms with E-state index in [0.717, 1.165) is 18.3 Å². The Morgan fingerprint density at radius 2 is 1.90 bits per heavy atom. The summed E-state index contributed by atoms with van der Waals surface area (Å²) in [6.07, 6.45) is 2.38. The second-order valence-electron chi connectivity index (χ2n) is 3.92. The summed E-state index contributed by atoms with van der Waals surface area (Å²) >= 11 is 0. The van der Waals surface area contributed by atoms with E-state index < -0.39 is 17.2 Å². The van der Waals surface area contributed by atoms with Crippen molar-refractivity contribution in [2.45, 2.75) is 0 Å². The van der Waals surface area contributed by atoms with Crippen molar-refractivity contribution in [3.8, 4) is 11.8 Å². The van der Waals surface area contributed by atoms with Crippen LogP contribution in [0.5, 0.6) is 0 Å². The molecule has 1 aromatic heterocycles. The van der Waals surface area contributed by atoms with Crippen molar-refractivity contribution in [3.05, 3.63) is 52.9 Å². The van der Waals surface area contributed by atoms with Crippen LogP contribution < -0.4 is 11.5 Å². The first-order valence-corrected chi connectivity index (χ1v) is 5.54. The maximum Gasteiger partial charge on any atom is 0.164 e. The number of rotatable bonds is 1. The number of hydrogen-bond donors (Lipinski definition) is 3. The second kappa shape index (κ2) is 5.36. The smallest absolute Gasteiger partial charge is 0.164 e. The molecule has 6 heteroatoms. The van der Waals surface area contributed by atoms with Gasteiger partial charge in [-0.25, -0.2) is 13.8 Å². The summed E-state index contributed by atoms with van der Waals surface area (Å²) in [7, 11) is 0. The fourth-order valence-electron chi connectivity index (χ4n) is 1.48. The SMILES string of the molecule is N=Cc1cc(C#Cc2c(F)ccc(N)c2F)ncc1N. The van der Waals surface area contributed by atoms with E-state index in [4.69, 9.17) is 16.9 Å². The Balaban J connectivity index is 2.46. The van der Waals surface area contributed by atoms with Crippen LogP contribution >= 0.6 is 0 Å². The van der Waals surface area contributed by atoms with Crippen LogP contribution in [0.3, 0.4) is 0 Å². The molecule has 2 rings (SSSR count). The van der Waals surface area contributed by atoms with Gasteiger partial charge in [-0.3, -0.25) is 0 Å². The fraction of sp³-hybridized carbons (Fsp3) is 0. The number of halogens is 2. The molecule has 0 spiro atoms. The molecule has 0 amide bonds. The van der Waals surface area contributed by atoms with Gasteiger partial charge in [-0.15, -0.1) is 0 Å². The molecule has 20 heavy (non-hydrogen) atoms. The molecular weight excluding hydrogens is 262 g/mol. The Morgan fingerprint density at radius 1 is 1.15 bits per heavy atom. The van der Waals surface area contributed by atoms with Gasteiger partial charge in [0.1, 0.15) is 11.5 Å². The van der Waals surface area contributed by atoms with E-state index >= 15 is 0 Å². The average Bonchev–Trinajstić information content (AvgIpc) is 2.44. The summed E-state index contributed by atoms with van der Waals surface area (Å²) < 4.78 is 27.1. The number of aromatic nitrogens is 1. The van der Waals surface area contributed by atoms with Gasteiger partial charge in [0.15, 0.2) is 5.82 Å². The summed E-state index contributed by atoms with van der Waals surface area (Å²) in [4.78, 5) is 3.91. The normalized spacial score (nSPS) is 9.70. The Kier molecular flexibility index (Phi) is 3.62. The van der Waals surface area contributed by atoms with E-state index in [-0.39, 0.29) is 11.4 Å². The first-order chi connectivity index (χ1) is 9.52. The van der Waals surface area contributed by atoms with Crippen molar-refractivity contribution >= 4 is 17.6 Å². The number of hydrogen-bond acceptors (Lipinski definition) is 4. The molecule has 0 atom stereocenters. The standard InChI is InChI=1S/C14H10F2N4/c15-11-3-4-12(18)14(16)10(11)2-1-9-5-8(6-17)13(19)7-20-9/h3-7,17H,18-19H2. The highest BCUT2D eigenvalue weighted by molar-refractivity contribution is 5.84. The minimum absolute atomic E-state index is 0.179. The van der Waals surface area contributed by atoms with E-state index in [1.165, 1.54) is 12.3 Å². The van der Waals surface area contributed by atoms with Gasteiger partial charge in [0.2, 0.25) is 0 Å². The second-order valence-corrected chi connectivity index (χ2v) is 3.92. The quantitative estimate of drug-likeness (QED) is 0.421. The molecule has 5 N–H and O–H groups in total. The molecule has 0 unspecified atom stereocenters. The number of nitrogens with two attached hydrogens (primary N) is 2. The summed E-state index contributed by atoms with van der Waals surface area (Å²) in [6, 6.07) is 3.63. The number of nitrogen functional groups attached to an aromatic ring is 2. The maximum atomic E-state index is 13.6. The van der Waals surface area contributed by atoms with Gasteiger partial charge < -0.3 is 16.9 Å². The minimum atomic E-state index is -0.903. The summed E-state index contributed by atoms with van der Waals surface area (Å²) in [5.74, 6) is 3.17. The third kappa shape index (κ3) is 2.57. The molecule has 0 bridgehead atoms. The van der Waals surface area contributed by atoms with E-state index in [0.29, 0.717) is 11.3 Å². The van der Waals surface area contributed by atoms with Gasteiger partial charge in [0, 0.05) is 11.8 Å². The number of nitrogens with zero attached hydrogens (tertiary/aromatic N) is 1. The van der Waals surface area contributed by atoms with Crippen molar-refractivity contribution in [1.82, 2.24) is 4.98 Å². The van der Waals surface area contributed by atoms with Crippen LogP contribution in [0.2, 0.25) is 0 Å². The zero-order valence-electron chi connectivity index (χ0n) is 10.2. The highest BCUT2D eigenvalue weighted by Crippen LogP contribution is 2.17.